The number of rotatable bonds is 3. The molecule has 2 aliphatic carbocycles. The normalized spacial score (nSPS) is 34.1. The molecule has 4 atom stereocenters. The molecule has 0 amide bonds. The quantitative estimate of drug-likeness (QED) is 0.739. The Labute approximate surface area is 109 Å². The fourth-order valence-electron chi connectivity index (χ4n) is 3.92. The van der Waals surface area contributed by atoms with Gasteiger partial charge in [0.2, 0.25) is 0 Å². The molecule has 1 fully saturated rings. The van der Waals surface area contributed by atoms with Gasteiger partial charge in [-0.3, -0.25) is 0 Å². The van der Waals surface area contributed by atoms with Gasteiger partial charge >= 0.3 is 0 Å². The number of aromatic nitrogens is 1. The van der Waals surface area contributed by atoms with E-state index in [-0.39, 0.29) is 0 Å². The van der Waals surface area contributed by atoms with Crippen molar-refractivity contribution in [3.8, 4) is 0 Å². The first kappa shape index (κ1) is 12.0. The third-order valence-electron chi connectivity index (χ3n) is 4.75. The lowest BCUT2D eigenvalue weighted by molar-refractivity contribution is 0.279. The van der Waals surface area contributed by atoms with E-state index >= 15 is 0 Å². The molecule has 0 aliphatic heterocycles. The molecule has 1 aromatic rings. The Morgan fingerprint density at radius 2 is 1.89 bits per heavy atom. The highest BCUT2D eigenvalue weighted by Crippen LogP contribution is 2.55. The second-order valence-electron chi connectivity index (χ2n) is 6.60. The molecule has 1 heterocycles. The molecule has 1 aromatic heterocycles. The molecule has 2 nitrogen and oxygen atoms in total. The maximum Gasteiger partial charge on any atom is 0.139 e. The summed E-state index contributed by atoms with van der Waals surface area (Å²) in [4.78, 5) is 0. The molecular formula is C16H23NO. The highest BCUT2D eigenvalue weighted by Gasteiger charge is 2.47. The highest BCUT2D eigenvalue weighted by atomic mass is 16.5. The maximum atomic E-state index is 5.50. The molecule has 2 aliphatic rings. The van der Waals surface area contributed by atoms with E-state index in [0.29, 0.717) is 23.7 Å². The number of nitrogens with zero attached hydrogens (tertiary/aromatic N) is 1. The topological polar surface area (TPSA) is 26.0 Å². The van der Waals surface area contributed by atoms with E-state index in [2.05, 4.69) is 51.1 Å². The Kier molecular flexibility index (Phi) is 2.84. The van der Waals surface area contributed by atoms with Gasteiger partial charge in [-0.25, -0.2) is 0 Å². The van der Waals surface area contributed by atoms with Crippen molar-refractivity contribution in [3.63, 3.8) is 0 Å². The van der Waals surface area contributed by atoms with Crippen LogP contribution >= 0.6 is 0 Å². The van der Waals surface area contributed by atoms with E-state index in [4.69, 9.17) is 4.52 Å². The van der Waals surface area contributed by atoms with Crippen LogP contribution < -0.4 is 0 Å². The Morgan fingerprint density at radius 1 is 1.17 bits per heavy atom. The molecule has 1 saturated carbocycles. The summed E-state index contributed by atoms with van der Waals surface area (Å²) in [5, 5.41) is 4.36. The third-order valence-corrected chi connectivity index (χ3v) is 4.75. The first-order chi connectivity index (χ1) is 8.58. The first-order valence-corrected chi connectivity index (χ1v) is 7.22. The summed E-state index contributed by atoms with van der Waals surface area (Å²) in [6.45, 7) is 9.00. The molecule has 0 aromatic carbocycles. The van der Waals surface area contributed by atoms with Gasteiger partial charge in [0.15, 0.2) is 0 Å². The zero-order chi connectivity index (χ0) is 12.9. The molecule has 4 unspecified atom stereocenters. The fraction of sp³-hybridized carbons (Fsp3) is 0.688. The summed E-state index contributed by atoms with van der Waals surface area (Å²) < 4.78 is 5.50. The molecule has 2 bridgehead atoms. The van der Waals surface area contributed by atoms with Crippen LogP contribution in [0.1, 0.15) is 57.4 Å². The van der Waals surface area contributed by atoms with Crippen molar-refractivity contribution in [3.05, 3.63) is 29.7 Å². The molecule has 18 heavy (non-hydrogen) atoms. The van der Waals surface area contributed by atoms with Crippen LogP contribution in [-0.2, 0) is 0 Å². The lowest BCUT2D eigenvalue weighted by atomic mass is 9.75. The molecule has 0 saturated heterocycles. The predicted molar refractivity (Wildman–Crippen MR) is 72.4 cm³/mol. The second-order valence-corrected chi connectivity index (χ2v) is 6.60. The Hall–Kier alpha value is -1.05. The van der Waals surface area contributed by atoms with E-state index in [0.717, 1.165) is 17.6 Å². The van der Waals surface area contributed by atoms with Gasteiger partial charge in [-0.15, -0.1) is 0 Å². The maximum absolute atomic E-state index is 5.50. The van der Waals surface area contributed by atoms with Crippen LogP contribution in [0, 0.1) is 23.7 Å². The van der Waals surface area contributed by atoms with Crippen LogP contribution in [0.3, 0.4) is 0 Å². The highest BCUT2D eigenvalue weighted by molar-refractivity contribution is 5.26. The van der Waals surface area contributed by atoms with Gasteiger partial charge < -0.3 is 4.52 Å². The van der Waals surface area contributed by atoms with Crippen LogP contribution in [0.25, 0.3) is 0 Å². The van der Waals surface area contributed by atoms with Crippen molar-refractivity contribution in [2.45, 2.75) is 46.0 Å². The smallest absolute Gasteiger partial charge is 0.139 e. The average Bonchev–Trinajstić information content (AvgIpc) is 3.02. The molecule has 0 N–H and O–H groups in total. The lowest BCUT2D eigenvalue weighted by Gasteiger charge is -2.29. The molecule has 3 rings (SSSR count). The Balaban J connectivity index is 1.92. The van der Waals surface area contributed by atoms with Gasteiger partial charge in [0.05, 0.1) is 5.69 Å². The zero-order valence-corrected chi connectivity index (χ0v) is 11.8. The summed E-state index contributed by atoms with van der Waals surface area (Å²) in [6, 6.07) is 2.19. The van der Waals surface area contributed by atoms with Crippen molar-refractivity contribution in [1.29, 1.82) is 0 Å². The van der Waals surface area contributed by atoms with Crippen LogP contribution in [0.2, 0.25) is 0 Å². The molecule has 0 spiro atoms. The minimum Gasteiger partial charge on any atom is -0.361 e. The van der Waals surface area contributed by atoms with E-state index in [1.54, 1.807) is 0 Å². The summed E-state index contributed by atoms with van der Waals surface area (Å²) in [5.74, 6) is 4.94. The number of allylic oxidation sites excluding steroid dienone is 2. The molecule has 98 valence electrons. The van der Waals surface area contributed by atoms with Crippen LogP contribution in [-0.4, -0.2) is 5.16 Å². The van der Waals surface area contributed by atoms with Gasteiger partial charge in [-0.1, -0.05) is 45.0 Å². The van der Waals surface area contributed by atoms with Crippen LogP contribution in [0.15, 0.2) is 22.7 Å². The third kappa shape index (κ3) is 1.73. The van der Waals surface area contributed by atoms with Gasteiger partial charge in [0, 0.05) is 17.9 Å². The number of hydrogen-bond acceptors (Lipinski definition) is 2. The zero-order valence-electron chi connectivity index (χ0n) is 11.8. The van der Waals surface area contributed by atoms with Gasteiger partial charge in [0.1, 0.15) is 5.76 Å². The predicted octanol–water partition coefficient (Wildman–Crippen LogP) is 4.36. The lowest BCUT2D eigenvalue weighted by Crippen LogP contribution is -2.23. The standard InChI is InChI=1S/C16H23NO/c1-9(2)14-8-13(17-18-14)16-12-6-5-11(7-12)15(16)10(3)4/h5-6,8-12,15-16H,7H2,1-4H3. The Bertz CT molecular complexity index is 457. The van der Waals surface area contributed by atoms with Gasteiger partial charge in [-0.2, -0.15) is 0 Å². The monoisotopic (exact) mass is 245 g/mol. The van der Waals surface area contributed by atoms with E-state index in [1.165, 1.54) is 12.1 Å². The summed E-state index contributed by atoms with van der Waals surface area (Å²) in [5.41, 5.74) is 1.19. The average molecular weight is 245 g/mol. The number of fused-ring (bicyclic) bond motifs is 2. The van der Waals surface area contributed by atoms with Gasteiger partial charge in [0.25, 0.3) is 0 Å². The minimum absolute atomic E-state index is 0.429. The van der Waals surface area contributed by atoms with Crippen LogP contribution in [0.4, 0.5) is 0 Å². The van der Waals surface area contributed by atoms with E-state index in [1.807, 2.05) is 0 Å². The molecule has 0 radical (unpaired) electrons. The SMILES string of the molecule is CC(C)c1cc(C2C3C=CC(C3)C2C(C)C)no1. The van der Waals surface area contributed by atoms with Gasteiger partial charge in [-0.05, 0) is 30.1 Å². The first-order valence-electron chi connectivity index (χ1n) is 7.22. The van der Waals surface area contributed by atoms with E-state index in [9.17, 15) is 0 Å². The van der Waals surface area contributed by atoms with Crippen molar-refractivity contribution < 1.29 is 4.52 Å². The van der Waals surface area contributed by atoms with Crippen molar-refractivity contribution >= 4 is 0 Å². The summed E-state index contributed by atoms with van der Waals surface area (Å²) >= 11 is 0. The number of hydrogen-bond donors (Lipinski definition) is 0. The molecule has 2 heteroatoms. The Morgan fingerprint density at radius 3 is 2.50 bits per heavy atom. The van der Waals surface area contributed by atoms with Crippen molar-refractivity contribution in [2.75, 3.05) is 0 Å². The largest absolute Gasteiger partial charge is 0.361 e. The summed E-state index contributed by atoms with van der Waals surface area (Å²) in [7, 11) is 0. The molecular weight excluding hydrogens is 222 g/mol. The second kappa shape index (κ2) is 4.25. The van der Waals surface area contributed by atoms with Crippen molar-refractivity contribution in [2.24, 2.45) is 23.7 Å². The van der Waals surface area contributed by atoms with E-state index < -0.39 is 0 Å². The minimum atomic E-state index is 0.429. The summed E-state index contributed by atoms with van der Waals surface area (Å²) in [6.07, 6.45) is 6.14. The van der Waals surface area contributed by atoms with Crippen LogP contribution in [0.5, 0.6) is 0 Å². The fourth-order valence-corrected chi connectivity index (χ4v) is 3.92. The van der Waals surface area contributed by atoms with Crippen molar-refractivity contribution in [1.82, 2.24) is 5.16 Å².